The summed E-state index contributed by atoms with van der Waals surface area (Å²) in [4.78, 5) is 21.3. The van der Waals surface area contributed by atoms with E-state index in [0.717, 1.165) is 50.5 Å². The highest BCUT2D eigenvalue weighted by Crippen LogP contribution is 2.39. The molecule has 0 N–H and O–H groups in total. The normalized spacial score (nSPS) is 25.6. The van der Waals surface area contributed by atoms with Crippen LogP contribution in [-0.2, 0) is 11.3 Å². The Balaban J connectivity index is 1.34. The average molecular weight is 298 g/mol. The van der Waals surface area contributed by atoms with E-state index in [2.05, 4.69) is 27.4 Å². The molecule has 2 atom stereocenters. The number of nitrogens with zero attached hydrogens (tertiary/aromatic N) is 4. The fourth-order valence-corrected chi connectivity index (χ4v) is 3.32. The summed E-state index contributed by atoms with van der Waals surface area (Å²) in [6.45, 7) is 6.64. The molecule has 0 aromatic carbocycles. The first kappa shape index (κ1) is 13.8. The standard InChI is InChI=1S/C17H22N4O/c1-13-10-15(13)17(22)20-8-6-19(7-9-20)11-14-12-21-5-3-2-4-16(21)18-14/h2-5,12-13,15H,6-11H2,1H3. The van der Waals surface area contributed by atoms with Gasteiger partial charge in [-0.25, -0.2) is 4.98 Å². The maximum atomic E-state index is 12.2. The number of fused-ring (bicyclic) bond motifs is 1. The number of carbonyl (C=O) groups is 1. The van der Waals surface area contributed by atoms with Gasteiger partial charge in [0.25, 0.3) is 0 Å². The van der Waals surface area contributed by atoms with Gasteiger partial charge in [0.2, 0.25) is 5.91 Å². The molecule has 22 heavy (non-hydrogen) atoms. The van der Waals surface area contributed by atoms with Crippen molar-refractivity contribution >= 4 is 11.6 Å². The van der Waals surface area contributed by atoms with Gasteiger partial charge in [-0.05, 0) is 24.5 Å². The highest BCUT2D eigenvalue weighted by Gasteiger charge is 2.41. The Morgan fingerprint density at radius 1 is 1.27 bits per heavy atom. The molecule has 116 valence electrons. The summed E-state index contributed by atoms with van der Waals surface area (Å²) < 4.78 is 2.06. The molecule has 1 aliphatic heterocycles. The summed E-state index contributed by atoms with van der Waals surface area (Å²) in [5.41, 5.74) is 2.09. The Morgan fingerprint density at radius 2 is 2.05 bits per heavy atom. The molecule has 2 unspecified atom stereocenters. The van der Waals surface area contributed by atoms with Crippen LogP contribution in [0.25, 0.3) is 5.65 Å². The van der Waals surface area contributed by atoms with Crippen LogP contribution in [0.2, 0.25) is 0 Å². The van der Waals surface area contributed by atoms with Gasteiger partial charge in [-0.15, -0.1) is 0 Å². The molecule has 1 saturated carbocycles. The zero-order valence-corrected chi connectivity index (χ0v) is 13.0. The molecule has 5 heteroatoms. The third-order valence-electron chi connectivity index (χ3n) is 4.91. The summed E-state index contributed by atoms with van der Waals surface area (Å²) >= 11 is 0. The number of hydrogen-bond acceptors (Lipinski definition) is 3. The van der Waals surface area contributed by atoms with Gasteiger partial charge in [-0.1, -0.05) is 13.0 Å². The minimum absolute atomic E-state index is 0.310. The van der Waals surface area contributed by atoms with E-state index in [0.29, 0.717) is 17.7 Å². The maximum absolute atomic E-state index is 12.2. The summed E-state index contributed by atoms with van der Waals surface area (Å²) in [5, 5.41) is 0. The molecule has 5 nitrogen and oxygen atoms in total. The van der Waals surface area contributed by atoms with Crippen molar-refractivity contribution in [1.29, 1.82) is 0 Å². The number of pyridine rings is 1. The van der Waals surface area contributed by atoms with E-state index in [4.69, 9.17) is 0 Å². The van der Waals surface area contributed by atoms with Crippen LogP contribution in [0.15, 0.2) is 30.6 Å². The average Bonchev–Trinajstić information content (AvgIpc) is 3.12. The first-order valence-corrected chi connectivity index (χ1v) is 8.14. The highest BCUT2D eigenvalue weighted by atomic mass is 16.2. The van der Waals surface area contributed by atoms with Crippen LogP contribution < -0.4 is 0 Å². The molecule has 1 saturated heterocycles. The molecule has 2 aromatic heterocycles. The predicted molar refractivity (Wildman–Crippen MR) is 84.3 cm³/mol. The zero-order valence-electron chi connectivity index (χ0n) is 13.0. The number of piperazine rings is 1. The summed E-state index contributed by atoms with van der Waals surface area (Å²) in [5.74, 6) is 1.29. The monoisotopic (exact) mass is 298 g/mol. The Kier molecular flexibility index (Phi) is 3.37. The molecule has 2 fully saturated rings. The molecule has 4 rings (SSSR count). The summed E-state index contributed by atoms with van der Waals surface area (Å²) in [6, 6.07) is 6.05. The van der Waals surface area contributed by atoms with Crippen molar-refractivity contribution < 1.29 is 4.79 Å². The molecule has 0 bridgehead atoms. The number of hydrogen-bond donors (Lipinski definition) is 0. The Morgan fingerprint density at radius 3 is 2.73 bits per heavy atom. The van der Waals surface area contributed by atoms with E-state index in [1.54, 1.807) is 0 Å². The van der Waals surface area contributed by atoms with Crippen LogP contribution >= 0.6 is 0 Å². The van der Waals surface area contributed by atoms with Crippen LogP contribution in [0.3, 0.4) is 0 Å². The molecule has 3 heterocycles. The van der Waals surface area contributed by atoms with Gasteiger partial charge in [0.05, 0.1) is 5.69 Å². The number of rotatable bonds is 3. The smallest absolute Gasteiger partial charge is 0.226 e. The van der Waals surface area contributed by atoms with Crippen molar-refractivity contribution in [2.24, 2.45) is 11.8 Å². The lowest BCUT2D eigenvalue weighted by molar-refractivity contribution is -0.134. The first-order chi connectivity index (χ1) is 10.7. The number of imidazole rings is 1. The summed E-state index contributed by atoms with van der Waals surface area (Å²) in [7, 11) is 0. The van der Waals surface area contributed by atoms with Crippen molar-refractivity contribution in [1.82, 2.24) is 19.2 Å². The van der Waals surface area contributed by atoms with Crippen molar-refractivity contribution in [3.8, 4) is 0 Å². The second kappa shape index (κ2) is 5.39. The molecular weight excluding hydrogens is 276 g/mol. The maximum Gasteiger partial charge on any atom is 0.226 e. The van der Waals surface area contributed by atoms with Crippen molar-refractivity contribution in [2.45, 2.75) is 19.9 Å². The van der Waals surface area contributed by atoms with Crippen LogP contribution in [0.4, 0.5) is 0 Å². The van der Waals surface area contributed by atoms with E-state index < -0.39 is 0 Å². The fraction of sp³-hybridized carbons (Fsp3) is 0.529. The van der Waals surface area contributed by atoms with E-state index in [-0.39, 0.29) is 0 Å². The lowest BCUT2D eigenvalue weighted by atomic mass is 10.2. The van der Waals surface area contributed by atoms with Crippen molar-refractivity contribution in [2.75, 3.05) is 26.2 Å². The van der Waals surface area contributed by atoms with Crippen molar-refractivity contribution in [3.05, 3.63) is 36.3 Å². The third-order valence-corrected chi connectivity index (χ3v) is 4.91. The minimum atomic E-state index is 0.310. The van der Waals surface area contributed by atoms with E-state index >= 15 is 0 Å². The van der Waals surface area contributed by atoms with Crippen LogP contribution in [0, 0.1) is 11.8 Å². The molecule has 0 radical (unpaired) electrons. The quantitative estimate of drug-likeness (QED) is 0.865. The molecule has 1 aliphatic carbocycles. The van der Waals surface area contributed by atoms with Crippen molar-refractivity contribution in [3.63, 3.8) is 0 Å². The molecule has 2 aliphatic rings. The van der Waals surface area contributed by atoms with Gasteiger partial charge >= 0.3 is 0 Å². The number of aromatic nitrogens is 2. The second-order valence-electron chi connectivity index (χ2n) is 6.62. The van der Waals surface area contributed by atoms with Gasteiger partial charge in [0.1, 0.15) is 5.65 Å². The largest absolute Gasteiger partial charge is 0.340 e. The highest BCUT2D eigenvalue weighted by molar-refractivity contribution is 5.81. The van der Waals surface area contributed by atoms with Gasteiger partial charge in [-0.3, -0.25) is 9.69 Å². The van der Waals surface area contributed by atoms with E-state index in [1.165, 1.54) is 0 Å². The molecule has 2 aromatic rings. The van der Waals surface area contributed by atoms with E-state index in [9.17, 15) is 4.79 Å². The van der Waals surface area contributed by atoms with Crippen LogP contribution in [0.1, 0.15) is 19.0 Å². The van der Waals surface area contributed by atoms with Gasteiger partial charge in [-0.2, -0.15) is 0 Å². The Bertz CT molecular complexity index is 654. The first-order valence-electron chi connectivity index (χ1n) is 8.14. The molecule has 0 spiro atoms. The minimum Gasteiger partial charge on any atom is -0.340 e. The number of amides is 1. The third kappa shape index (κ3) is 2.61. The van der Waals surface area contributed by atoms with Crippen LogP contribution in [0.5, 0.6) is 0 Å². The number of carbonyl (C=O) groups excluding carboxylic acids is 1. The van der Waals surface area contributed by atoms with Gasteiger partial charge < -0.3 is 9.30 Å². The lowest BCUT2D eigenvalue weighted by Crippen LogP contribution is -2.48. The van der Waals surface area contributed by atoms with Gasteiger partial charge in [0, 0.05) is 51.0 Å². The van der Waals surface area contributed by atoms with E-state index in [1.807, 2.05) is 29.3 Å². The topological polar surface area (TPSA) is 40.9 Å². The fourth-order valence-electron chi connectivity index (χ4n) is 3.32. The van der Waals surface area contributed by atoms with Crippen LogP contribution in [-0.4, -0.2) is 51.3 Å². The second-order valence-corrected chi connectivity index (χ2v) is 6.62. The lowest BCUT2D eigenvalue weighted by Gasteiger charge is -2.34. The molecule has 1 amide bonds. The zero-order chi connectivity index (χ0) is 15.1. The molecular formula is C17H22N4O. The van der Waals surface area contributed by atoms with Gasteiger partial charge in [0.15, 0.2) is 0 Å². The predicted octanol–water partition coefficient (Wildman–Crippen LogP) is 1.63. The Labute approximate surface area is 130 Å². The summed E-state index contributed by atoms with van der Waals surface area (Å²) in [6.07, 6.45) is 5.21. The SMILES string of the molecule is CC1CC1C(=O)N1CCN(Cc2cn3ccccc3n2)CC1. The Hall–Kier alpha value is -1.88.